The molecule has 4 rings (SSSR count). The molecule has 0 aromatic heterocycles. The number of rotatable bonds is 11. The van der Waals surface area contributed by atoms with Crippen molar-refractivity contribution in [1.29, 1.82) is 0 Å². The van der Waals surface area contributed by atoms with Gasteiger partial charge in [0.2, 0.25) is 11.8 Å². The summed E-state index contributed by atoms with van der Waals surface area (Å²) >= 11 is 0. The lowest BCUT2D eigenvalue weighted by atomic mass is 10.00. The van der Waals surface area contributed by atoms with Crippen LogP contribution in [0, 0.1) is 5.92 Å². The van der Waals surface area contributed by atoms with E-state index in [1.54, 1.807) is 20.8 Å². The fourth-order valence-electron chi connectivity index (χ4n) is 5.56. The summed E-state index contributed by atoms with van der Waals surface area (Å²) in [5, 5.41) is 8.35. The van der Waals surface area contributed by atoms with Gasteiger partial charge in [-0.2, -0.15) is 0 Å². The lowest BCUT2D eigenvalue weighted by molar-refractivity contribution is -0.138. The van der Waals surface area contributed by atoms with Gasteiger partial charge in [-0.1, -0.05) is 105 Å². The monoisotopic (exact) mass is 615 g/mol. The summed E-state index contributed by atoms with van der Waals surface area (Å²) in [6.07, 6.45) is 2.33. The molecule has 2 N–H and O–H groups in total. The molecule has 3 aromatic rings. The highest BCUT2D eigenvalue weighted by molar-refractivity contribution is 7.73. The van der Waals surface area contributed by atoms with Crippen molar-refractivity contribution < 1.29 is 19.1 Å². The average Bonchev–Trinajstić information content (AvgIpc) is 3.46. The van der Waals surface area contributed by atoms with Gasteiger partial charge in [-0.15, -0.1) is 0 Å². The smallest absolute Gasteiger partial charge is 0.408 e. The summed E-state index contributed by atoms with van der Waals surface area (Å²) in [5.74, 6) is -0.614. The molecular formula is C36H46N3O4P. The molecule has 44 heavy (non-hydrogen) atoms. The normalized spacial score (nSPS) is 16.4. The maximum atomic E-state index is 14.2. The molecule has 0 unspecified atom stereocenters. The molecule has 1 aliphatic rings. The minimum absolute atomic E-state index is 0.0670. The van der Waals surface area contributed by atoms with E-state index in [1.165, 1.54) is 10.6 Å². The molecule has 7 nitrogen and oxygen atoms in total. The summed E-state index contributed by atoms with van der Waals surface area (Å²) in [4.78, 5) is 42.7. The molecule has 3 aromatic carbocycles. The van der Waals surface area contributed by atoms with Crippen LogP contribution in [0.25, 0.3) is 0 Å². The molecule has 3 amide bonds. The molecule has 0 aliphatic carbocycles. The van der Waals surface area contributed by atoms with Gasteiger partial charge in [-0.25, -0.2) is 4.79 Å². The largest absolute Gasteiger partial charge is 0.444 e. The summed E-state index contributed by atoms with van der Waals surface area (Å²) in [6, 6.07) is 29.1. The Balaban J connectivity index is 1.52. The zero-order valence-electron chi connectivity index (χ0n) is 26.5. The molecule has 234 valence electrons. The van der Waals surface area contributed by atoms with Gasteiger partial charge >= 0.3 is 6.09 Å². The van der Waals surface area contributed by atoms with Crippen LogP contribution in [0.1, 0.15) is 53.0 Å². The van der Waals surface area contributed by atoms with Crippen LogP contribution < -0.4 is 21.2 Å². The van der Waals surface area contributed by atoms with E-state index in [4.69, 9.17) is 4.74 Å². The maximum Gasteiger partial charge on any atom is 0.408 e. The van der Waals surface area contributed by atoms with Gasteiger partial charge in [0.15, 0.2) is 0 Å². The highest BCUT2D eigenvalue weighted by atomic mass is 31.1. The second-order valence-corrected chi connectivity index (χ2v) is 15.0. The number of alkyl carbamates (subject to hydrolysis) is 1. The zero-order chi connectivity index (χ0) is 31.7. The van der Waals surface area contributed by atoms with Gasteiger partial charge in [0.25, 0.3) is 0 Å². The summed E-state index contributed by atoms with van der Waals surface area (Å²) in [7, 11) is -0.668. The summed E-state index contributed by atoms with van der Waals surface area (Å²) < 4.78 is 5.46. The summed E-state index contributed by atoms with van der Waals surface area (Å²) in [6.45, 7) is 9.89. The van der Waals surface area contributed by atoms with Crippen molar-refractivity contribution in [1.82, 2.24) is 15.5 Å². The highest BCUT2D eigenvalue weighted by Crippen LogP contribution is 2.38. The first-order valence-corrected chi connectivity index (χ1v) is 17.1. The van der Waals surface area contributed by atoms with Crippen LogP contribution in [-0.4, -0.2) is 59.2 Å². The Hall–Kier alpha value is -3.70. The van der Waals surface area contributed by atoms with Crippen molar-refractivity contribution in [2.45, 2.75) is 77.6 Å². The second kappa shape index (κ2) is 15.3. The number of benzene rings is 3. The highest BCUT2D eigenvalue weighted by Gasteiger charge is 2.38. The number of carbonyl (C=O) groups is 3. The average molecular weight is 616 g/mol. The molecular weight excluding hydrogens is 569 g/mol. The van der Waals surface area contributed by atoms with Gasteiger partial charge in [-0.3, -0.25) is 9.59 Å². The third-order valence-electron chi connectivity index (χ3n) is 7.71. The Morgan fingerprint density at radius 3 is 1.93 bits per heavy atom. The van der Waals surface area contributed by atoms with Crippen molar-refractivity contribution in [3.63, 3.8) is 0 Å². The molecule has 0 radical (unpaired) electrons. The Bertz CT molecular complexity index is 1320. The fourth-order valence-corrected chi connectivity index (χ4v) is 8.14. The number of carbonyl (C=O) groups excluding carboxylic acids is 3. The van der Waals surface area contributed by atoms with Crippen LogP contribution in [0.15, 0.2) is 91.0 Å². The van der Waals surface area contributed by atoms with E-state index in [-0.39, 0.29) is 24.3 Å². The van der Waals surface area contributed by atoms with E-state index >= 15 is 0 Å². The number of ether oxygens (including phenoxy) is 1. The van der Waals surface area contributed by atoms with Gasteiger partial charge in [-0.05, 0) is 69.8 Å². The molecule has 8 heteroatoms. The van der Waals surface area contributed by atoms with Crippen LogP contribution in [0.2, 0.25) is 0 Å². The molecule has 0 spiro atoms. The number of nitrogens with zero attached hydrogens (tertiary/aromatic N) is 1. The molecule has 1 aliphatic heterocycles. The standard InChI is InChI=1S/C36H46N3O4P/c1-26(2)32(38-33(40)31(24-27-16-9-6-10-17-27)37-35(42)43-36(3,4)5)34(41)39-23-15-18-28(39)25-44(29-19-11-7-12-20-29)30-21-13-8-14-22-30/h6-14,16-17,19-22,26,28,31-32H,15,18,23-25H2,1-5H3,(H,37,42)(H,38,40)/t28-,31-,32+/m0/s1. The van der Waals surface area contributed by atoms with Crippen molar-refractivity contribution in [3.8, 4) is 0 Å². The minimum atomic E-state index is -0.903. The first-order valence-electron chi connectivity index (χ1n) is 15.5. The Morgan fingerprint density at radius 1 is 0.864 bits per heavy atom. The Labute approximate surface area is 263 Å². The second-order valence-electron chi connectivity index (χ2n) is 12.7. The lowest BCUT2D eigenvalue weighted by Crippen LogP contribution is -2.57. The van der Waals surface area contributed by atoms with E-state index in [2.05, 4.69) is 59.2 Å². The summed E-state index contributed by atoms with van der Waals surface area (Å²) in [5.41, 5.74) is 0.184. The van der Waals surface area contributed by atoms with Crippen molar-refractivity contribution in [2.24, 2.45) is 5.92 Å². The predicted molar refractivity (Wildman–Crippen MR) is 179 cm³/mol. The van der Waals surface area contributed by atoms with Gasteiger partial charge in [0, 0.05) is 19.0 Å². The third-order valence-corrected chi connectivity index (χ3v) is 10.3. The number of hydrogen-bond acceptors (Lipinski definition) is 4. The topological polar surface area (TPSA) is 87.7 Å². The van der Waals surface area contributed by atoms with Gasteiger partial charge in [0.05, 0.1) is 0 Å². The van der Waals surface area contributed by atoms with Crippen LogP contribution in [-0.2, 0) is 20.7 Å². The zero-order valence-corrected chi connectivity index (χ0v) is 27.4. The van der Waals surface area contributed by atoms with Crippen LogP contribution >= 0.6 is 7.92 Å². The van der Waals surface area contributed by atoms with Crippen LogP contribution in [0.3, 0.4) is 0 Å². The predicted octanol–water partition coefficient (Wildman–Crippen LogP) is 5.39. The number of amides is 3. The molecule has 0 bridgehead atoms. The maximum absolute atomic E-state index is 14.2. The van der Waals surface area contributed by atoms with E-state index in [0.29, 0.717) is 6.54 Å². The quantitative estimate of drug-likeness (QED) is 0.284. The first-order chi connectivity index (χ1) is 21.0. The number of nitrogens with one attached hydrogen (secondary N) is 2. The van der Waals surface area contributed by atoms with Crippen molar-refractivity contribution >= 4 is 36.4 Å². The molecule has 3 atom stereocenters. The van der Waals surface area contributed by atoms with Gasteiger partial charge in [0.1, 0.15) is 17.7 Å². The van der Waals surface area contributed by atoms with Crippen molar-refractivity contribution in [2.75, 3.05) is 12.7 Å². The fraction of sp³-hybridized carbons (Fsp3) is 0.417. The lowest BCUT2D eigenvalue weighted by Gasteiger charge is -2.34. The van der Waals surface area contributed by atoms with Gasteiger partial charge < -0.3 is 20.3 Å². The van der Waals surface area contributed by atoms with E-state index in [9.17, 15) is 14.4 Å². The van der Waals surface area contributed by atoms with Crippen LogP contribution in [0.5, 0.6) is 0 Å². The van der Waals surface area contributed by atoms with Crippen LogP contribution in [0.4, 0.5) is 4.79 Å². The molecule has 1 heterocycles. The third kappa shape index (κ3) is 9.40. The first kappa shape index (κ1) is 33.2. The number of hydrogen-bond donors (Lipinski definition) is 2. The SMILES string of the molecule is CC(C)[C@@H](NC(=O)[C@H](Cc1ccccc1)NC(=O)OC(C)(C)C)C(=O)N1CCC[C@H]1CP(c1ccccc1)c1ccccc1. The minimum Gasteiger partial charge on any atom is -0.444 e. The van der Waals surface area contributed by atoms with Crippen molar-refractivity contribution in [3.05, 3.63) is 96.6 Å². The van der Waals surface area contributed by atoms with E-state index in [1.807, 2.05) is 61.2 Å². The molecule has 0 saturated carbocycles. The van der Waals surface area contributed by atoms with E-state index in [0.717, 1.165) is 24.6 Å². The Kier molecular flexibility index (Phi) is 11.6. The number of likely N-dealkylation sites (tertiary alicyclic amines) is 1. The van der Waals surface area contributed by atoms with E-state index < -0.39 is 37.6 Å². The molecule has 1 saturated heterocycles. The molecule has 1 fully saturated rings. The Morgan fingerprint density at radius 2 is 1.41 bits per heavy atom.